The Morgan fingerprint density at radius 2 is 2.03 bits per heavy atom. The molecule has 2 amide bonds. The van der Waals surface area contributed by atoms with Crippen molar-refractivity contribution in [1.82, 2.24) is 15.5 Å². The molecule has 0 radical (unpaired) electrons. The largest absolute Gasteiger partial charge is 0.490 e. The summed E-state index contributed by atoms with van der Waals surface area (Å²) in [4.78, 5) is 27.2. The number of nitrogens with one attached hydrogen (secondary N) is 2. The van der Waals surface area contributed by atoms with Gasteiger partial charge in [0.25, 0.3) is 5.91 Å². The second-order valence-corrected chi connectivity index (χ2v) is 7.49. The fraction of sp³-hybridized carbons (Fsp3) is 0.619. The molecule has 0 aliphatic carbocycles. The number of ether oxygens (including phenoxy) is 2. The van der Waals surface area contributed by atoms with E-state index in [-0.39, 0.29) is 36.2 Å². The van der Waals surface area contributed by atoms with E-state index in [1.54, 1.807) is 7.11 Å². The monoisotopic (exact) mass is 425 g/mol. The van der Waals surface area contributed by atoms with Crippen molar-refractivity contribution in [3.05, 3.63) is 29.8 Å². The summed E-state index contributed by atoms with van der Waals surface area (Å²) in [6, 6.07) is 7.29. The highest BCUT2D eigenvalue weighted by atomic mass is 35.5. The molecule has 162 valence electrons. The third kappa shape index (κ3) is 6.59. The summed E-state index contributed by atoms with van der Waals surface area (Å²) in [6.45, 7) is 3.81. The number of carbonyl (C=O) groups is 2. The number of halogens is 1. The fourth-order valence-electron chi connectivity index (χ4n) is 3.87. The minimum atomic E-state index is -0.0579. The van der Waals surface area contributed by atoms with Gasteiger partial charge in [0.15, 0.2) is 0 Å². The van der Waals surface area contributed by atoms with Gasteiger partial charge < -0.3 is 25.0 Å². The quantitative estimate of drug-likeness (QED) is 0.621. The minimum Gasteiger partial charge on any atom is -0.490 e. The maximum Gasteiger partial charge on any atom is 0.257 e. The Morgan fingerprint density at radius 3 is 2.79 bits per heavy atom. The lowest BCUT2D eigenvalue weighted by atomic mass is 9.97. The smallest absolute Gasteiger partial charge is 0.257 e. The molecule has 2 fully saturated rings. The second-order valence-electron chi connectivity index (χ2n) is 7.49. The molecule has 3 rings (SSSR count). The van der Waals surface area contributed by atoms with Crippen molar-refractivity contribution in [1.29, 1.82) is 0 Å². The number of likely N-dealkylation sites (tertiary alicyclic amines) is 1. The van der Waals surface area contributed by atoms with Crippen LogP contribution in [-0.2, 0) is 9.53 Å². The van der Waals surface area contributed by atoms with Crippen LogP contribution in [-0.4, -0.2) is 69.3 Å². The normalized spacial score (nSPS) is 21.3. The van der Waals surface area contributed by atoms with Gasteiger partial charge in [0.2, 0.25) is 5.91 Å². The highest BCUT2D eigenvalue weighted by Crippen LogP contribution is 2.23. The lowest BCUT2D eigenvalue weighted by Crippen LogP contribution is -2.46. The molecule has 0 saturated carbocycles. The zero-order valence-corrected chi connectivity index (χ0v) is 17.8. The Labute approximate surface area is 178 Å². The third-order valence-electron chi connectivity index (χ3n) is 5.41. The zero-order chi connectivity index (χ0) is 19.8. The van der Waals surface area contributed by atoms with E-state index in [1.807, 2.05) is 29.2 Å². The number of nitrogens with zero attached hydrogens (tertiary/aromatic N) is 1. The number of para-hydroxylation sites is 1. The van der Waals surface area contributed by atoms with Crippen molar-refractivity contribution in [3.8, 4) is 5.75 Å². The van der Waals surface area contributed by atoms with Crippen molar-refractivity contribution < 1.29 is 19.1 Å². The lowest BCUT2D eigenvalue weighted by molar-refractivity contribution is -0.123. The molecule has 1 aromatic carbocycles. The molecule has 7 nitrogen and oxygen atoms in total. The van der Waals surface area contributed by atoms with Crippen LogP contribution in [0.1, 0.15) is 36.0 Å². The topological polar surface area (TPSA) is 79.9 Å². The van der Waals surface area contributed by atoms with Gasteiger partial charge in [-0.25, -0.2) is 0 Å². The predicted octanol–water partition coefficient (Wildman–Crippen LogP) is 1.85. The molecule has 0 bridgehead atoms. The summed E-state index contributed by atoms with van der Waals surface area (Å²) in [5.41, 5.74) is 0.582. The molecule has 0 aromatic heterocycles. The Morgan fingerprint density at radius 1 is 1.21 bits per heavy atom. The van der Waals surface area contributed by atoms with Crippen molar-refractivity contribution in [3.63, 3.8) is 0 Å². The van der Waals surface area contributed by atoms with Crippen LogP contribution in [0.25, 0.3) is 0 Å². The fourth-order valence-corrected chi connectivity index (χ4v) is 3.87. The standard InChI is InChI=1S/C21H31N3O4.ClH/c1-27-12-13-28-19-9-3-2-7-17(19)21(26)24-11-5-6-16(15-24)14-23-20(25)18-8-4-10-22-18;/h2-3,7,9,16,18,22H,4-6,8,10-15H2,1H3,(H,23,25);1H. The van der Waals surface area contributed by atoms with Gasteiger partial charge in [-0.3, -0.25) is 9.59 Å². The Balaban J connectivity index is 0.00000300. The minimum absolute atomic E-state index is 0. The van der Waals surface area contributed by atoms with Gasteiger partial charge in [-0.15, -0.1) is 12.4 Å². The van der Waals surface area contributed by atoms with Crippen molar-refractivity contribution >= 4 is 24.2 Å². The van der Waals surface area contributed by atoms with Gasteiger partial charge in [-0.05, 0) is 50.3 Å². The number of methoxy groups -OCH3 is 1. The summed E-state index contributed by atoms with van der Waals surface area (Å²) in [6.07, 6.45) is 3.92. The number of hydrogen-bond acceptors (Lipinski definition) is 5. The Kier molecular flexibility index (Phi) is 9.70. The molecule has 2 unspecified atom stereocenters. The van der Waals surface area contributed by atoms with E-state index in [0.717, 1.165) is 38.8 Å². The van der Waals surface area contributed by atoms with Crippen LogP contribution in [0, 0.1) is 5.92 Å². The van der Waals surface area contributed by atoms with Crippen LogP contribution >= 0.6 is 12.4 Å². The molecule has 29 heavy (non-hydrogen) atoms. The lowest BCUT2D eigenvalue weighted by Gasteiger charge is -2.33. The van der Waals surface area contributed by atoms with Crippen molar-refractivity contribution in [2.24, 2.45) is 5.92 Å². The summed E-state index contributed by atoms with van der Waals surface area (Å²) in [7, 11) is 1.62. The first-order valence-electron chi connectivity index (χ1n) is 10.2. The predicted molar refractivity (Wildman–Crippen MR) is 114 cm³/mol. The van der Waals surface area contributed by atoms with E-state index in [2.05, 4.69) is 10.6 Å². The summed E-state index contributed by atoms with van der Waals surface area (Å²) < 4.78 is 10.7. The van der Waals surface area contributed by atoms with Crippen LogP contribution in [0.2, 0.25) is 0 Å². The van der Waals surface area contributed by atoms with Gasteiger partial charge in [-0.1, -0.05) is 12.1 Å². The highest BCUT2D eigenvalue weighted by molar-refractivity contribution is 5.97. The van der Waals surface area contributed by atoms with E-state index in [1.165, 1.54) is 0 Å². The zero-order valence-electron chi connectivity index (χ0n) is 17.0. The van der Waals surface area contributed by atoms with Crippen LogP contribution in [0.15, 0.2) is 24.3 Å². The van der Waals surface area contributed by atoms with E-state index in [4.69, 9.17) is 9.47 Å². The first-order valence-corrected chi connectivity index (χ1v) is 10.2. The molecule has 2 saturated heterocycles. The summed E-state index contributed by atoms with van der Waals surface area (Å²) in [5, 5.41) is 6.28. The molecule has 0 spiro atoms. The van der Waals surface area contributed by atoms with Gasteiger partial charge in [0, 0.05) is 26.7 Å². The molecular formula is C21H32ClN3O4. The van der Waals surface area contributed by atoms with Crippen molar-refractivity contribution in [2.75, 3.05) is 46.5 Å². The average molecular weight is 426 g/mol. The molecule has 8 heteroatoms. The van der Waals surface area contributed by atoms with E-state index in [9.17, 15) is 9.59 Å². The maximum absolute atomic E-state index is 13.1. The summed E-state index contributed by atoms with van der Waals surface area (Å²) >= 11 is 0. The van der Waals surface area contributed by atoms with Gasteiger partial charge >= 0.3 is 0 Å². The summed E-state index contributed by atoms with van der Waals surface area (Å²) in [5.74, 6) is 0.941. The maximum atomic E-state index is 13.1. The van der Waals surface area contributed by atoms with Crippen LogP contribution in [0.4, 0.5) is 0 Å². The van der Waals surface area contributed by atoms with Gasteiger partial charge in [0.05, 0.1) is 18.2 Å². The third-order valence-corrected chi connectivity index (χ3v) is 5.41. The van der Waals surface area contributed by atoms with Gasteiger partial charge in [-0.2, -0.15) is 0 Å². The molecule has 2 aliphatic heterocycles. The number of amides is 2. The van der Waals surface area contributed by atoms with Gasteiger partial charge in [0.1, 0.15) is 12.4 Å². The molecule has 2 heterocycles. The average Bonchev–Trinajstić information content (AvgIpc) is 3.27. The van der Waals surface area contributed by atoms with Crippen LogP contribution in [0.3, 0.4) is 0 Å². The van der Waals surface area contributed by atoms with E-state index in [0.29, 0.717) is 37.6 Å². The molecule has 2 atom stereocenters. The highest BCUT2D eigenvalue weighted by Gasteiger charge is 2.28. The number of piperidine rings is 1. The second kappa shape index (κ2) is 12.0. The molecule has 2 aliphatic rings. The first kappa shape index (κ1) is 23.4. The Hall–Kier alpha value is -1.83. The van der Waals surface area contributed by atoms with Crippen LogP contribution in [0.5, 0.6) is 5.75 Å². The molecule has 1 aromatic rings. The molecule has 2 N–H and O–H groups in total. The Bertz CT molecular complexity index is 667. The van der Waals surface area contributed by atoms with E-state index >= 15 is 0 Å². The van der Waals surface area contributed by atoms with Crippen molar-refractivity contribution in [2.45, 2.75) is 31.7 Å². The number of hydrogen-bond donors (Lipinski definition) is 2. The number of rotatable bonds is 8. The number of carbonyl (C=O) groups excluding carboxylic acids is 2. The van der Waals surface area contributed by atoms with Crippen LogP contribution < -0.4 is 15.4 Å². The SMILES string of the molecule is COCCOc1ccccc1C(=O)N1CCCC(CNC(=O)C2CCCN2)C1.Cl. The first-order chi connectivity index (χ1) is 13.7. The number of benzene rings is 1. The molecular weight excluding hydrogens is 394 g/mol. The van der Waals surface area contributed by atoms with E-state index < -0.39 is 0 Å².